The number of nitrogens with one attached hydrogen (secondary N) is 2. The minimum Gasteiger partial charge on any atom is -0.507 e. The molecule has 0 bridgehead atoms. The number of para-hydroxylation sites is 1. The van der Waals surface area contributed by atoms with Gasteiger partial charge in [-0.3, -0.25) is 4.79 Å². The Morgan fingerprint density at radius 1 is 1.11 bits per heavy atom. The van der Waals surface area contributed by atoms with E-state index < -0.39 is 5.91 Å². The predicted octanol–water partition coefficient (Wildman–Crippen LogP) is 3.84. The van der Waals surface area contributed by atoms with Crippen molar-refractivity contribution >= 4 is 23.2 Å². The smallest absolute Gasteiger partial charge is 0.271 e. The van der Waals surface area contributed by atoms with E-state index in [0.717, 1.165) is 0 Å². The number of hydrazone groups is 1. The van der Waals surface area contributed by atoms with Crippen LogP contribution in [0.4, 0.5) is 4.39 Å². The van der Waals surface area contributed by atoms with Crippen molar-refractivity contribution in [3.05, 3.63) is 83.7 Å². The number of phenolic OH excluding ortho intramolecular Hbond substituents is 1. The summed E-state index contributed by atoms with van der Waals surface area (Å²) in [5.41, 5.74) is 5.23. The molecule has 3 N–H and O–H groups in total. The molecule has 1 heterocycles. The zero-order valence-electron chi connectivity index (χ0n) is 14.6. The fraction of sp³-hybridized carbons (Fsp3) is 0. The molecule has 1 amide bonds. The van der Waals surface area contributed by atoms with E-state index in [4.69, 9.17) is 0 Å². The Bertz CT molecular complexity index is 1200. The molecule has 1 aromatic heterocycles. The number of benzene rings is 3. The van der Waals surface area contributed by atoms with Gasteiger partial charge in [0.15, 0.2) is 0 Å². The van der Waals surface area contributed by atoms with Gasteiger partial charge in [-0.25, -0.2) is 14.8 Å². The number of halogens is 1. The molecule has 0 spiro atoms. The van der Waals surface area contributed by atoms with Crippen molar-refractivity contribution in [1.29, 1.82) is 0 Å². The lowest BCUT2D eigenvalue weighted by Gasteiger charge is -2.00. The molecule has 0 atom stereocenters. The first kappa shape index (κ1) is 17.4. The maximum absolute atomic E-state index is 13.1. The highest BCUT2D eigenvalue weighted by Crippen LogP contribution is 2.28. The number of hydrogen-bond acceptors (Lipinski definition) is 4. The quantitative estimate of drug-likeness (QED) is 0.374. The second-order valence-electron chi connectivity index (χ2n) is 6.09. The van der Waals surface area contributed by atoms with Crippen molar-refractivity contribution < 1.29 is 14.3 Å². The maximum atomic E-state index is 13.1. The third-order valence-corrected chi connectivity index (χ3v) is 4.13. The molecule has 4 aromatic rings. The topological polar surface area (TPSA) is 90.4 Å². The van der Waals surface area contributed by atoms with Crippen molar-refractivity contribution in [3.8, 4) is 17.1 Å². The first-order valence-electron chi connectivity index (χ1n) is 8.47. The van der Waals surface area contributed by atoms with E-state index in [0.29, 0.717) is 33.5 Å². The average Bonchev–Trinajstić information content (AvgIpc) is 3.11. The number of fused-ring (bicyclic) bond motifs is 1. The third-order valence-electron chi connectivity index (χ3n) is 4.13. The van der Waals surface area contributed by atoms with E-state index in [9.17, 15) is 14.3 Å². The summed E-state index contributed by atoms with van der Waals surface area (Å²) in [7, 11) is 0. The summed E-state index contributed by atoms with van der Waals surface area (Å²) in [6.07, 6.45) is 1.37. The molecule has 0 unspecified atom stereocenters. The molecule has 0 aliphatic rings. The van der Waals surface area contributed by atoms with Gasteiger partial charge in [-0.05, 0) is 48.0 Å². The number of carbonyl (C=O) groups is 1. The van der Waals surface area contributed by atoms with Crippen molar-refractivity contribution in [2.24, 2.45) is 5.10 Å². The highest BCUT2D eigenvalue weighted by molar-refractivity contribution is 5.98. The lowest BCUT2D eigenvalue weighted by atomic mass is 10.2. The van der Waals surface area contributed by atoms with Crippen LogP contribution in [0.3, 0.4) is 0 Å². The highest BCUT2D eigenvalue weighted by Gasteiger charge is 2.11. The Hall–Kier alpha value is -4.00. The lowest BCUT2D eigenvalue weighted by Crippen LogP contribution is -2.17. The fourth-order valence-corrected chi connectivity index (χ4v) is 2.77. The lowest BCUT2D eigenvalue weighted by molar-refractivity contribution is 0.0955. The van der Waals surface area contributed by atoms with Gasteiger partial charge in [0.1, 0.15) is 17.4 Å². The largest absolute Gasteiger partial charge is 0.507 e. The Morgan fingerprint density at radius 3 is 2.79 bits per heavy atom. The Morgan fingerprint density at radius 2 is 1.96 bits per heavy atom. The van der Waals surface area contributed by atoms with Crippen molar-refractivity contribution in [2.75, 3.05) is 0 Å². The highest BCUT2D eigenvalue weighted by atomic mass is 19.1. The van der Waals surface area contributed by atoms with Gasteiger partial charge in [0.25, 0.3) is 5.91 Å². The van der Waals surface area contributed by atoms with Crippen molar-refractivity contribution in [3.63, 3.8) is 0 Å². The number of rotatable bonds is 4. The summed E-state index contributed by atoms with van der Waals surface area (Å²) in [6.45, 7) is 0. The third kappa shape index (κ3) is 3.59. The van der Waals surface area contributed by atoms with Gasteiger partial charge in [-0.15, -0.1) is 0 Å². The summed E-state index contributed by atoms with van der Waals surface area (Å²) in [4.78, 5) is 19.9. The summed E-state index contributed by atoms with van der Waals surface area (Å²) >= 11 is 0. The number of carbonyl (C=O) groups excluding carboxylic acids is 1. The maximum Gasteiger partial charge on any atom is 0.271 e. The summed E-state index contributed by atoms with van der Waals surface area (Å²) in [5.74, 6) is -0.158. The van der Waals surface area contributed by atoms with E-state index in [-0.39, 0.29) is 11.6 Å². The monoisotopic (exact) mass is 374 g/mol. The summed E-state index contributed by atoms with van der Waals surface area (Å²) in [6, 6.07) is 17.7. The minimum atomic E-state index is -0.409. The van der Waals surface area contributed by atoms with Crippen LogP contribution in [0.15, 0.2) is 71.8 Å². The first-order chi connectivity index (χ1) is 13.6. The number of imidazole rings is 1. The standard InChI is InChI=1S/C21H15FN4O2/c22-15-5-3-4-13(10-15)12-23-26-21(28)14-8-9-17-18(11-14)25-20(24-17)16-6-1-2-7-19(16)27/h1-12,27H,(H,24,25)(H,26,28)/b23-12+. The molecule has 6 nitrogen and oxygen atoms in total. The van der Waals surface area contributed by atoms with Gasteiger partial charge >= 0.3 is 0 Å². The van der Waals surface area contributed by atoms with Crippen LogP contribution in [0.2, 0.25) is 0 Å². The molecule has 0 radical (unpaired) electrons. The Balaban J connectivity index is 1.54. The van der Waals surface area contributed by atoms with Crippen LogP contribution in [0.1, 0.15) is 15.9 Å². The molecular weight excluding hydrogens is 359 g/mol. The average molecular weight is 374 g/mol. The van der Waals surface area contributed by atoms with Crippen molar-refractivity contribution in [1.82, 2.24) is 15.4 Å². The first-order valence-corrected chi connectivity index (χ1v) is 8.47. The van der Waals surface area contributed by atoms with Gasteiger partial charge in [0, 0.05) is 5.56 Å². The predicted molar refractivity (Wildman–Crippen MR) is 105 cm³/mol. The zero-order chi connectivity index (χ0) is 19.5. The van der Waals surface area contributed by atoms with Crippen LogP contribution < -0.4 is 5.43 Å². The van der Waals surface area contributed by atoms with Gasteiger partial charge in [0.2, 0.25) is 0 Å². The van der Waals surface area contributed by atoms with Gasteiger partial charge in [-0.1, -0.05) is 24.3 Å². The van der Waals surface area contributed by atoms with Crippen LogP contribution in [0.5, 0.6) is 5.75 Å². The SMILES string of the molecule is O=C(N/N=C/c1cccc(F)c1)c1ccc2nc(-c3ccccc3O)[nH]c2c1. The summed E-state index contributed by atoms with van der Waals surface area (Å²) in [5, 5.41) is 13.8. The molecule has 0 fully saturated rings. The van der Waals surface area contributed by atoms with Crippen LogP contribution in [0, 0.1) is 5.82 Å². The molecular formula is C21H15FN4O2. The number of amides is 1. The van der Waals surface area contributed by atoms with Gasteiger partial charge < -0.3 is 10.1 Å². The second-order valence-corrected chi connectivity index (χ2v) is 6.09. The van der Waals surface area contributed by atoms with E-state index in [1.807, 2.05) is 0 Å². The van der Waals surface area contributed by atoms with Crippen LogP contribution in [0.25, 0.3) is 22.4 Å². The molecule has 0 saturated carbocycles. The van der Waals surface area contributed by atoms with Gasteiger partial charge in [-0.2, -0.15) is 5.10 Å². The number of nitrogens with zero attached hydrogens (tertiary/aromatic N) is 2. The Kier molecular flexibility index (Phi) is 4.55. The van der Waals surface area contributed by atoms with E-state index in [1.54, 1.807) is 54.6 Å². The molecule has 0 aliphatic heterocycles. The number of hydrogen-bond donors (Lipinski definition) is 3. The number of H-pyrrole nitrogens is 1. The molecule has 3 aromatic carbocycles. The number of phenols is 1. The van der Waals surface area contributed by atoms with Crippen LogP contribution in [-0.4, -0.2) is 27.2 Å². The fourth-order valence-electron chi connectivity index (χ4n) is 2.77. The molecule has 28 heavy (non-hydrogen) atoms. The van der Waals surface area contributed by atoms with E-state index >= 15 is 0 Å². The van der Waals surface area contributed by atoms with E-state index in [2.05, 4.69) is 20.5 Å². The summed E-state index contributed by atoms with van der Waals surface area (Å²) < 4.78 is 13.1. The number of aromatic nitrogens is 2. The van der Waals surface area contributed by atoms with Crippen LogP contribution in [-0.2, 0) is 0 Å². The van der Waals surface area contributed by atoms with Gasteiger partial charge in [0.05, 0.1) is 22.8 Å². The van der Waals surface area contributed by atoms with E-state index in [1.165, 1.54) is 18.3 Å². The molecule has 7 heteroatoms. The zero-order valence-corrected chi connectivity index (χ0v) is 14.6. The number of aromatic hydroxyl groups is 1. The number of aromatic amines is 1. The minimum absolute atomic E-state index is 0.117. The van der Waals surface area contributed by atoms with Crippen LogP contribution >= 0.6 is 0 Å². The molecule has 0 aliphatic carbocycles. The Labute approximate surface area is 159 Å². The molecule has 0 saturated heterocycles. The normalized spacial score (nSPS) is 11.2. The molecule has 4 rings (SSSR count). The second kappa shape index (κ2) is 7.32. The van der Waals surface area contributed by atoms with Crippen molar-refractivity contribution in [2.45, 2.75) is 0 Å². The molecule has 138 valence electrons.